The number of aromatic nitrogens is 2. The molecule has 100 valence electrons. The van der Waals surface area contributed by atoms with Crippen molar-refractivity contribution >= 4 is 5.97 Å². The summed E-state index contributed by atoms with van der Waals surface area (Å²) in [6.07, 6.45) is 5.24. The Hall–Kier alpha value is -2.10. The minimum Gasteiger partial charge on any atom is -0.481 e. The first-order valence-electron chi connectivity index (χ1n) is 6.48. The fraction of sp³-hybridized carbons (Fsp3) is 0.333. The van der Waals surface area contributed by atoms with Crippen molar-refractivity contribution in [2.75, 3.05) is 0 Å². The Morgan fingerprint density at radius 1 is 1.26 bits per heavy atom. The van der Waals surface area contributed by atoms with Crippen molar-refractivity contribution in [3.8, 4) is 0 Å². The van der Waals surface area contributed by atoms with E-state index >= 15 is 0 Å². The zero-order chi connectivity index (χ0) is 13.7. The molecule has 0 amide bonds. The molecular formula is C15H18N2O2. The SMILES string of the molecule is CCc1ccc(Cn2ccnc2CCC(=O)O)cc1. The quantitative estimate of drug-likeness (QED) is 0.866. The van der Waals surface area contributed by atoms with Crippen LogP contribution in [0, 0.1) is 0 Å². The van der Waals surface area contributed by atoms with Crippen LogP contribution in [0.5, 0.6) is 0 Å². The van der Waals surface area contributed by atoms with Gasteiger partial charge in [0, 0.05) is 25.4 Å². The maximum atomic E-state index is 10.6. The third kappa shape index (κ3) is 3.68. The Morgan fingerprint density at radius 3 is 2.58 bits per heavy atom. The highest BCUT2D eigenvalue weighted by Crippen LogP contribution is 2.09. The van der Waals surface area contributed by atoms with Gasteiger partial charge in [-0.3, -0.25) is 4.79 Å². The summed E-state index contributed by atoms with van der Waals surface area (Å²) < 4.78 is 2.00. The molecule has 2 rings (SSSR count). The maximum absolute atomic E-state index is 10.6. The third-order valence-electron chi connectivity index (χ3n) is 3.15. The number of hydrogen-bond acceptors (Lipinski definition) is 2. The summed E-state index contributed by atoms with van der Waals surface area (Å²) in [7, 11) is 0. The summed E-state index contributed by atoms with van der Waals surface area (Å²) in [5.41, 5.74) is 2.52. The molecule has 0 spiro atoms. The zero-order valence-electron chi connectivity index (χ0n) is 11.0. The average molecular weight is 258 g/mol. The zero-order valence-corrected chi connectivity index (χ0v) is 11.0. The molecule has 0 saturated heterocycles. The molecule has 1 N–H and O–H groups in total. The standard InChI is InChI=1S/C15H18N2O2/c1-2-12-3-5-13(6-4-12)11-17-10-9-16-14(17)7-8-15(18)19/h3-6,9-10H,2,7-8,11H2,1H3,(H,18,19). The predicted molar refractivity (Wildman–Crippen MR) is 73.1 cm³/mol. The summed E-state index contributed by atoms with van der Waals surface area (Å²) in [6, 6.07) is 8.48. The molecule has 0 radical (unpaired) electrons. The second-order valence-electron chi connectivity index (χ2n) is 4.54. The molecule has 0 aliphatic carbocycles. The van der Waals surface area contributed by atoms with Crippen LogP contribution >= 0.6 is 0 Å². The summed E-state index contributed by atoms with van der Waals surface area (Å²) >= 11 is 0. The van der Waals surface area contributed by atoms with Gasteiger partial charge in [-0.15, -0.1) is 0 Å². The number of aryl methyl sites for hydroxylation is 2. The van der Waals surface area contributed by atoms with Crippen LogP contribution in [-0.2, 0) is 24.2 Å². The lowest BCUT2D eigenvalue weighted by molar-refractivity contribution is -0.137. The summed E-state index contributed by atoms with van der Waals surface area (Å²) in [5, 5.41) is 8.71. The molecule has 0 aliphatic heterocycles. The van der Waals surface area contributed by atoms with Gasteiger partial charge in [0.1, 0.15) is 5.82 Å². The summed E-state index contributed by atoms with van der Waals surface area (Å²) in [4.78, 5) is 14.8. The first kappa shape index (κ1) is 13.3. The van der Waals surface area contributed by atoms with Gasteiger partial charge in [0.15, 0.2) is 0 Å². The second-order valence-corrected chi connectivity index (χ2v) is 4.54. The van der Waals surface area contributed by atoms with Gasteiger partial charge in [-0.25, -0.2) is 4.98 Å². The molecule has 4 heteroatoms. The Kier molecular flexibility index (Phi) is 4.34. The highest BCUT2D eigenvalue weighted by atomic mass is 16.4. The van der Waals surface area contributed by atoms with E-state index in [-0.39, 0.29) is 6.42 Å². The van der Waals surface area contributed by atoms with E-state index in [1.807, 2.05) is 10.8 Å². The second kappa shape index (κ2) is 6.18. The lowest BCUT2D eigenvalue weighted by Gasteiger charge is -2.08. The molecule has 1 aromatic carbocycles. The van der Waals surface area contributed by atoms with Gasteiger partial charge < -0.3 is 9.67 Å². The minimum atomic E-state index is -0.790. The lowest BCUT2D eigenvalue weighted by atomic mass is 10.1. The van der Waals surface area contributed by atoms with E-state index in [0.29, 0.717) is 6.42 Å². The average Bonchev–Trinajstić information content (AvgIpc) is 2.84. The summed E-state index contributed by atoms with van der Waals surface area (Å²) in [5.74, 6) is 0.0313. The van der Waals surface area contributed by atoms with Crippen LogP contribution in [-0.4, -0.2) is 20.6 Å². The molecule has 2 aromatic rings. The molecule has 0 saturated carbocycles. The van der Waals surface area contributed by atoms with Crippen molar-refractivity contribution in [2.45, 2.75) is 32.7 Å². The van der Waals surface area contributed by atoms with Crippen molar-refractivity contribution in [2.24, 2.45) is 0 Å². The topological polar surface area (TPSA) is 55.1 Å². The number of nitrogens with zero attached hydrogens (tertiary/aromatic N) is 2. The van der Waals surface area contributed by atoms with Gasteiger partial charge in [0.25, 0.3) is 0 Å². The van der Waals surface area contributed by atoms with E-state index < -0.39 is 5.97 Å². The van der Waals surface area contributed by atoms with Crippen molar-refractivity contribution in [1.29, 1.82) is 0 Å². The number of benzene rings is 1. The van der Waals surface area contributed by atoms with Gasteiger partial charge in [0.2, 0.25) is 0 Å². The van der Waals surface area contributed by atoms with E-state index in [2.05, 4.69) is 36.2 Å². The van der Waals surface area contributed by atoms with Crippen LogP contribution in [0.15, 0.2) is 36.7 Å². The van der Waals surface area contributed by atoms with Crippen molar-refractivity contribution < 1.29 is 9.90 Å². The van der Waals surface area contributed by atoms with Crippen LogP contribution in [0.25, 0.3) is 0 Å². The molecule has 0 bridgehead atoms. The van der Waals surface area contributed by atoms with E-state index in [9.17, 15) is 4.79 Å². The first-order chi connectivity index (χ1) is 9.19. The molecule has 1 aromatic heterocycles. The molecular weight excluding hydrogens is 240 g/mol. The number of carboxylic acid groups (broad SMARTS) is 1. The van der Waals surface area contributed by atoms with Crippen molar-refractivity contribution in [3.63, 3.8) is 0 Å². The summed E-state index contributed by atoms with van der Waals surface area (Å²) in [6.45, 7) is 2.87. The Morgan fingerprint density at radius 2 is 1.95 bits per heavy atom. The normalized spacial score (nSPS) is 10.6. The molecule has 4 nitrogen and oxygen atoms in total. The van der Waals surface area contributed by atoms with Crippen LogP contribution in [0.3, 0.4) is 0 Å². The van der Waals surface area contributed by atoms with Crippen LogP contribution in [0.1, 0.15) is 30.3 Å². The molecule has 0 fully saturated rings. The largest absolute Gasteiger partial charge is 0.481 e. The number of carboxylic acids is 1. The fourth-order valence-corrected chi connectivity index (χ4v) is 2.01. The highest BCUT2D eigenvalue weighted by Gasteiger charge is 2.06. The van der Waals surface area contributed by atoms with E-state index in [1.54, 1.807) is 6.20 Å². The van der Waals surface area contributed by atoms with Gasteiger partial charge >= 0.3 is 5.97 Å². The minimum absolute atomic E-state index is 0.117. The maximum Gasteiger partial charge on any atom is 0.303 e. The van der Waals surface area contributed by atoms with Gasteiger partial charge in [-0.2, -0.15) is 0 Å². The first-order valence-corrected chi connectivity index (χ1v) is 6.48. The van der Waals surface area contributed by atoms with E-state index in [1.165, 1.54) is 11.1 Å². The van der Waals surface area contributed by atoms with Gasteiger partial charge in [-0.1, -0.05) is 31.2 Å². The van der Waals surface area contributed by atoms with Crippen LogP contribution in [0.2, 0.25) is 0 Å². The van der Waals surface area contributed by atoms with Crippen molar-refractivity contribution in [1.82, 2.24) is 9.55 Å². The van der Waals surface area contributed by atoms with Crippen LogP contribution in [0.4, 0.5) is 0 Å². The predicted octanol–water partition coefficient (Wildman–Crippen LogP) is 2.51. The van der Waals surface area contributed by atoms with Crippen molar-refractivity contribution in [3.05, 3.63) is 53.6 Å². The molecule has 0 atom stereocenters. The van der Waals surface area contributed by atoms with Gasteiger partial charge in [0.05, 0.1) is 6.42 Å². The lowest BCUT2D eigenvalue weighted by Crippen LogP contribution is -2.07. The molecule has 19 heavy (non-hydrogen) atoms. The molecule has 0 unspecified atom stereocenters. The smallest absolute Gasteiger partial charge is 0.303 e. The van der Waals surface area contributed by atoms with E-state index in [0.717, 1.165) is 18.8 Å². The monoisotopic (exact) mass is 258 g/mol. The number of rotatable bonds is 6. The molecule has 1 heterocycles. The molecule has 0 aliphatic rings. The Balaban J connectivity index is 2.05. The van der Waals surface area contributed by atoms with Crippen LogP contribution < -0.4 is 0 Å². The fourth-order valence-electron chi connectivity index (χ4n) is 2.01. The number of hydrogen-bond donors (Lipinski definition) is 1. The third-order valence-corrected chi connectivity index (χ3v) is 3.15. The highest BCUT2D eigenvalue weighted by molar-refractivity contribution is 5.66. The number of carbonyl (C=O) groups is 1. The number of aliphatic carboxylic acids is 1. The number of imidazole rings is 1. The Labute approximate surface area is 112 Å². The van der Waals surface area contributed by atoms with Gasteiger partial charge in [-0.05, 0) is 17.5 Å². The Bertz CT molecular complexity index is 544. The van der Waals surface area contributed by atoms with E-state index in [4.69, 9.17) is 5.11 Å².